The Kier molecular flexibility index (Phi) is 4.61. The number of aliphatic hydroxyl groups is 1. The first-order valence-corrected chi connectivity index (χ1v) is 12.7. The first-order valence-electron chi connectivity index (χ1n) is 12.7. The second kappa shape index (κ2) is 7.17. The minimum absolute atomic E-state index is 0.538. The number of fused-ring (bicyclic) bond motifs is 7. The summed E-state index contributed by atoms with van der Waals surface area (Å²) in [6.07, 6.45) is 1.57. The molecule has 0 radical (unpaired) electrons. The van der Waals surface area contributed by atoms with Crippen LogP contribution in [0.15, 0.2) is 54.1 Å². The highest BCUT2D eigenvalue weighted by Gasteiger charge is 2.76. The van der Waals surface area contributed by atoms with Gasteiger partial charge in [0.15, 0.2) is 6.10 Å². The number of hydrogen-bond donors (Lipinski definition) is 1. The van der Waals surface area contributed by atoms with Crippen molar-refractivity contribution in [3.8, 4) is 17.2 Å². The standard InChI is InChI=1S/C32H34O4/c1-17-9-10-26(20(4)11-17)35-31-25-15-19(3)13-22(6)28(25)36-32(31,33)23(7)16-30(8)24-14-18(2)12-21(5)27(24)34-29(30)31/h9-16,29,33H,1-8H3/t29-,30+,31-,32-/m1/s1. The van der Waals surface area contributed by atoms with Gasteiger partial charge in [0, 0.05) is 11.1 Å². The van der Waals surface area contributed by atoms with E-state index in [4.69, 9.17) is 14.2 Å². The van der Waals surface area contributed by atoms with Gasteiger partial charge in [0.05, 0.1) is 5.41 Å². The molecule has 0 amide bonds. The van der Waals surface area contributed by atoms with Gasteiger partial charge in [0.1, 0.15) is 17.2 Å². The van der Waals surface area contributed by atoms with E-state index in [0.717, 1.165) is 50.3 Å². The Morgan fingerprint density at radius 3 is 2.03 bits per heavy atom. The fraction of sp³-hybridized carbons (Fsp3) is 0.375. The zero-order valence-electron chi connectivity index (χ0n) is 22.4. The third-order valence-corrected chi connectivity index (χ3v) is 8.37. The van der Waals surface area contributed by atoms with E-state index in [1.165, 1.54) is 5.56 Å². The third-order valence-electron chi connectivity index (χ3n) is 8.37. The number of aryl methyl sites for hydroxylation is 6. The predicted octanol–water partition coefficient (Wildman–Crippen LogP) is 6.57. The van der Waals surface area contributed by atoms with Crippen molar-refractivity contribution in [1.29, 1.82) is 0 Å². The first-order chi connectivity index (χ1) is 16.9. The fourth-order valence-corrected chi connectivity index (χ4v) is 6.83. The van der Waals surface area contributed by atoms with E-state index in [1.807, 2.05) is 32.9 Å². The highest BCUT2D eigenvalue weighted by Crippen LogP contribution is 2.65. The number of hydrogen-bond acceptors (Lipinski definition) is 4. The molecule has 2 heterocycles. The minimum Gasteiger partial charge on any atom is -0.484 e. The maximum Gasteiger partial charge on any atom is 0.279 e. The molecule has 1 N–H and O–H groups in total. The van der Waals surface area contributed by atoms with Crippen molar-refractivity contribution < 1.29 is 19.3 Å². The van der Waals surface area contributed by atoms with E-state index in [1.54, 1.807) is 0 Å². The summed E-state index contributed by atoms with van der Waals surface area (Å²) in [4.78, 5) is 0. The quantitative estimate of drug-likeness (QED) is 0.420. The van der Waals surface area contributed by atoms with Crippen molar-refractivity contribution in [2.24, 2.45) is 0 Å². The van der Waals surface area contributed by atoms with Crippen LogP contribution in [-0.4, -0.2) is 17.0 Å². The molecule has 3 aromatic carbocycles. The van der Waals surface area contributed by atoms with Crippen LogP contribution >= 0.6 is 0 Å². The minimum atomic E-state index is -1.74. The lowest BCUT2D eigenvalue weighted by Crippen LogP contribution is -2.69. The molecule has 0 aromatic heterocycles. The van der Waals surface area contributed by atoms with Gasteiger partial charge in [-0.15, -0.1) is 0 Å². The Labute approximate surface area is 213 Å². The zero-order valence-corrected chi connectivity index (χ0v) is 22.4. The molecule has 2 aliphatic heterocycles. The molecule has 0 bridgehead atoms. The third kappa shape index (κ3) is 2.74. The summed E-state index contributed by atoms with van der Waals surface area (Å²) in [5.74, 6) is 0.500. The van der Waals surface area contributed by atoms with E-state index in [0.29, 0.717) is 11.5 Å². The summed E-state index contributed by atoms with van der Waals surface area (Å²) in [6.45, 7) is 16.5. The molecule has 4 heteroatoms. The Morgan fingerprint density at radius 2 is 1.36 bits per heavy atom. The molecule has 4 nitrogen and oxygen atoms in total. The van der Waals surface area contributed by atoms with Crippen LogP contribution in [-0.2, 0) is 11.0 Å². The van der Waals surface area contributed by atoms with Gasteiger partial charge in [-0.25, -0.2) is 0 Å². The summed E-state index contributed by atoms with van der Waals surface area (Å²) in [7, 11) is 0. The van der Waals surface area contributed by atoms with Crippen LogP contribution in [0, 0.1) is 41.5 Å². The van der Waals surface area contributed by atoms with Gasteiger partial charge in [0.25, 0.3) is 5.79 Å². The largest absolute Gasteiger partial charge is 0.484 e. The molecule has 0 unspecified atom stereocenters. The molecule has 4 atom stereocenters. The van der Waals surface area contributed by atoms with E-state index < -0.39 is 22.9 Å². The maximum absolute atomic E-state index is 12.5. The predicted molar refractivity (Wildman–Crippen MR) is 141 cm³/mol. The molecule has 0 saturated heterocycles. The Balaban J connectivity index is 1.70. The average Bonchev–Trinajstić information content (AvgIpc) is 3.21. The molecule has 1 aliphatic carbocycles. The van der Waals surface area contributed by atoms with Gasteiger partial charge in [-0.1, -0.05) is 53.1 Å². The number of ether oxygens (including phenoxy) is 3. The maximum atomic E-state index is 12.5. The van der Waals surface area contributed by atoms with Crippen molar-refractivity contribution >= 4 is 0 Å². The lowest BCUT2D eigenvalue weighted by atomic mass is 9.61. The molecular weight excluding hydrogens is 448 g/mol. The number of benzene rings is 3. The van der Waals surface area contributed by atoms with Crippen LogP contribution in [0.4, 0.5) is 0 Å². The average molecular weight is 483 g/mol. The summed E-state index contributed by atoms with van der Waals surface area (Å²) in [5.41, 5.74) is 7.27. The topological polar surface area (TPSA) is 47.9 Å². The van der Waals surface area contributed by atoms with Gasteiger partial charge in [-0.2, -0.15) is 0 Å². The lowest BCUT2D eigenvalue weighted by Gasteiger charge is -2.51. The van der Waals surface area contributed by atoms with Gasteiger partial charge < -0.3 is 19.3 Å². The van der Waals surface area contributed by atoms with E-state index in [-0.39, 0.29) is 0 Å². The highest BCUT2D eigenvalue weighted by molar-refractivity contribution is 5.63. The van der Waals surface area contributed by atoms with Crippen molar-refractivity contribution in [3.05, 3.63) is 98.6 Å². The molecular formula is C32H34O4. The summed E-state index contributed by atoms with van der Waals surface area (Å²) < 4.78 is 20.5. The summed E-state index contributed by atoms with van der Waals surface area (Å²) >= 11 is 0. The molecule has 3 aromatic rings. The van der Waals surface area contributed by atoms with E-state index in [2.05, 4.69) is 71.0 Å². The molecule has 36 heavy (non-hydrogen) atoms. The van der Waals surface area contributed by atoms with Crippen molar-refractivity contribution in [3.63, 3.8) is 0 Å². The molecule has 0 spiro atoms. The van der Waals surface area contributed by atoms with Crippen LogP contribution in [0.5, 0.6) is 17.2 Å². The van der Waals surface area contributed by atoms with Crippen LogP contribution in [0.1, 0.15) is 58.4 Å². The molecule has 0 fully saturated rings. The Hall–Kier alpha value is -3.24. The van der Waals surface area contributed by atoms with E-state index >= 15 is 0 Å². The van der Waals surface area contributed by atoms with Gasteiger partial charge in [-0.05, 0) is 89.8 Å². The van der Waals surface area contributed by atoms with Crippen LogP contribution in [0.3, 0.4) is 0 Å². The lowest BCUT2D eigenvalue weighted by molar-refractivity contribution is -0.248. The van der Waals surface area contributed by atoms with Crippen molar-refractivity contribution in [2.75, 3.05) is 0 Å². The van der Waals surface area contributed by atoms with Gasteiger partial charge >= 0.3 is 0 Å². The number of rotatable bonds is 2. The smallest absolute Gasteiger partial charge is 0.279 e. The van der Waals surface area contributed by atoms with Crippen LogP contribution in [0.25, 0.3) is 0 Å². The van der Waals surface area contributed by atoms with Crippen molar-refractivity contribution in [1.82, 2.24) is 0 Å². The molecule has 186 valence electrons. The van der Waals surface area contributed by atoms with Gasteiger partial charge in [-0.3, -0.25) is 0 Å². The summed E-state index contributed by atoms with van der Waals surface area (Å²) in [6, 6.07) is 14.7. The second-order valence-corrected chi connectivity index (χ2v) is 11.4. The van der Waals surface area contributed by atoms with Crippen molar-refractivity contribution in [2.45, 2.75) is 78.3 Å². The Morgan fingerprint density at radius 1 is 0.750 bits per heavy atom. The zero-order chi connectivity index (χ0) is 25.8. The highest BCUT2D eigenvalue weighted by atomic mass is 16.7. The van der Waals surface area contributed by atoms with Crippen LogP contribution < -0.4 is 14.2 Å². The van der Waals surface area contributed by atoms with Gasteiger partial charge in [0.2, 0.25) is 5.60 Å². The van der Waals surface area contributed by atoms with Crippen LogP contribution in [0.2, 0.25) is 0 Å². The Bertz CT molecular complexity index is 1480. The molecule has 0 saturated carbocycles. The SMILES string of the molecule is CC1=C[C@@]2(C)c3cc(C)cc(C)c3O[C@H]2[C@]2(Oc3ccc(C)cc3C)c3cc(C)cc(C)c3O[C@]12O. The second-order valence-electron chi connectivity index (χ2n) is 11.4. The monoisotopic (exact) mass is 482 g/mol. The normalized spacial score (nSPS) is 29.4. The molecule has 3 aliphatic rings. The fourth-order valence-electron chi connectivity index (χ4n) is 6.83. The summed E-state index contributed by atoms with van der Waals surface area (Å²) in [5, 5.41) is 12.5. The van der Waals surface area contributed by atoms with E-state index in [9.17, 15) is 5.11 Å². The first kappa shape index (κ1) is 23.2. The molecule has 6 rings (SSSR count).